The summed E-state index contributed by atoms with van der Waals surface area (Å²) in [5.41, 5.74) is 1.48. The third-order valence-corrected chi connectivity index (χ3v) is 3.87. The van der Waals surface area contributed by atoms with Crippen LogP contribution in [0, 0.1) is 5.82 Å². The summed E-state index contributed by atoms with van der Waals surface area (Å²) in [5, 5.41) is 5.71. The van der Waals surface area contributed by atoms with Crippen molar-refractivity contribution in [2.24, 2.45) is 0 Å². The molecule has 0 saturated carbocycles. The van der Waals surface area contributed by atoms with E-state index in [-0.39, 0.29) is 5.02 Å². The molecule has 1 heterocycles. The highest BCUT2D eigenvalue weighted by atomic mass is 35.5. The summed E-state index contributed by atoms with van der Waals surface area (Å²) in [7, 11) is 1.59. The number of ether oxygens (including phenoxy) is 1. The van der Waals surface area contributed by atoms with Gasteiger partial charge in [-0.2, -0.15) is 0 Å². The fourth-order valence-electron chi connectivity index (χ4n) is 2.27. The molecule has 26 heavy (non-hydrogen) atoms. The second-order valence-corrected chi connectivity index (χ2v) is 5.74. The average molecular weight is 372 g/mol. The SMILES string of the molecule is COc1ccc(Nc2ncccc2C(=O)Nc2ccc(F)c(Cl)c2)cc1. The van der Waals surface area contributed by atoms with Gasteiger partial charge in [0.25, 0.3) is 5.91 Å². The quantitative estimate of drug-likeness (QED) is 0.671. The maximum atomic E-state index is 13.2. The Morgan fingerprint density at radius 1 is 1.12 bits per heavy atom. The first-order valence-electron chi connectivity index (χ1n) is 7.69. The van der Waals surface area contributed by atoms with E-state index in [2.05, 4.69) is 15.6 Å². The van der Waals surface area contributed by atoms with Crippen molar-refractivity contribution in [1.82, 2.24) is 4.98 Å². The second kappa shape index (κ2) is 7.84. The zero-order valence-electron chi connectivity index (χ0n) is 13.8. The van der Waals surface area contributed by atoms with Crippen LogP contribution in [0.1, 0.15) is 10.4 Å². The van der Waals surface area contributed by atoms with E-state index >= 15 is 0 Å². The Morgan fingerprint density at radius 2 is 1.85 bits per heavy atom. The number of hydrogen-bond donors (Lipinski definition) is 2. The number of carbonyl (C=O) groups is 1. The minimum Gasteiger partial charge on any atom is -0.497 e. The van der Waals surface area contributed by atoms with Gasteiger partial charge in [-0.1, -0.05) is 11.6 Å². The van der Waals surface area contributed by atoms with Gasteiger partial charge in [-0.05, 0) is 54.6 Å². The number of aromatic nitrogens is 1. The molecule has 0 radical (unpaired) electrons. The first-order valence-corrected chi connectivity index (χ1v) is 8.07. The summed E-state index contributed by atoms with van der Waals surface area (Å²) in [6.07, 6.45) is 1.58. The van der Waals surface area contributed by atoms with Crippen LogP contribution in [0.5, 0.6) is 5.75 Å². The smallest absolute Gasteiger partial charge is 0.259 e. The number of halogens is 2. The number of hydrogen-bond acceptors (Lipinski definition) is 4. The molecule has 0 fully saturated rings. The average Bonchev–Trinajstić information content (AvgIpc) is 2.66. The van der Waals surface area contributed by atoms with Gasteiger partial charge in [0.15, 0.2) is 0 Å². The Bertz CT molecular complexity index is 932. The zero-order valence-corrected chi connectivity index (χ0v) is 14.5. The molecule has 1 amide bonds. The van der Waals surface area contributed by atoms with Crippen LogP contribution < -0.4 is 15.4 Å². The van der Waals surface area contributed by atoms with Crippen molar-refractivity contribution in [1.29, 1.82) is 0 Å². The van der Waals surface area contributed by atoms with Crippen LogP contribution in [0.2, 0.25) is 5.02 Å². The summed E-state index contributed by atoms with van der Waals surface area (Å²) in [5.74, 6) is 0.177. The lowest BCUT2D eigenvalue weighted by Gasteiger charge is -2.12. The number of pyridine rings is 1. The number of carbonyl (C=O) groups excluding carboxylic acids is 1. The minimum absolute atomic E-state index is 0.0643. The van der Waals surface area contributed by atoms with Gasteiger partial charge < -0.3 is 15.4 Å². The number of anilines is 3. The molecule has 0 aliphatic rings. The number of rotatable bonds is 5. The maximum Gasteiger partial charge on any atom is 0.259 e. The molecule has 132 valence electrons. The summed E-state index contributed by atoms with van der Waals surface area (Å²) in [6, 6.07) is 14.5. The molecule has 0 bridgehead atoms. The summed E-state index contributed by atoms with van der Waals surface area (Å²) >= 11 is 5.75. The second-order valence-electron chi connectivity index (χ2n) is 5.34. The molecule has 7 heteroatoms. The van der Waals surface area contributed by atoms with E-state index in [1.807, 2.05) is 12.1 Å². The van der Waals surface area contributed by atoms with Crippen LogP contribution in [0.15, 0.2) is 60.8 Å². The molecule has 3 aromatic rings. The first kappa shape index (κ1) is 17.7. The van der Waals surface area contributed by atoms with E-state index in [1.165, 1.54) is 18.2 Å². The lowest BCUT2D eigenvalue weighted by molar-refractivity contribution is 0.102. The fraction of sp³-hybridized carbons (Fsp3) is 0.0526. The van der Waals surface area contributed by atoms with Gasteiger partial charge in [0.05, 0.1) is 17.7 Å². The summed E-state index contributed by atoms with van der Waals surface area (Å²) < 4.78 is 18.4. The molecule has 5 nitrogen and oxygen atoms in total. The molecule has 2 N–H and O–H groups in total. The summed E-state index contributed by atoms with van der Waals surface area (Å²) in [6.45, 7) is 0. The van der Waals surface area contributed by atoms with E-state index in [9.17, 15) is 9.18 Å². The van der Waals surface area contributed by atoms with Crippen LogP contribution >= 0.6 is 11.6 Å². The molecule has 0 aliphatic heterocycles. The standard InChI is InChI=1S/C19H15ClFN3O2/c1-26-14-7-4-12(5-8-14)23-18-15(3-2-10-22-18)19(25)24-13-6-9-17(21)16(20)11-13/h2-11H,1H3,(H,22,23)(H,24,25). The predicted molar refractivity (Wildman–Crippen MR) is 99.9 cm³/mol. The van der Waals surface area contributed by atoms with Crippen molar-refractivity contribution in [3.8, 4) is 5.75 Å². The van der Waals surface area contributed by atoms with E-state index in [0.717, 1.165) is 11.4 Å². The Balaban J connectivity index is 1.81. The van der Waals surface area contributed by atoms with Gasteiger partial charge in [0, 0.05) is 17.6 Å². The lowest BCUT2D eigenvalue weighted by atomic mass is 10.2. The Labute approximate surface area is 154 Å². The van der Waals surface area contributed by atoms with Crippen LogP contribution in [-0.4, -0.2) is 18.0 Å². The Morgan fingerprint density at radius 3 is 2.54 bits per heavy atom. The number of amides is 1. The van der Waals surface area contributed by atoms with Crippen molar-refractivity contribution in [3.63, 3.8) is 0 Å². The van der Waals surface area contributed by atoms with Gasteiger partial charge in [0.2, 0.25) is 0 Å². The van der Waals surface area contributed by atoms with Crippen LogP contribution in [0.25, 0.3) is 0 Å². The monoisotopic (exact) mass is 371 g/mol. The number of nitrogens with zero attached hydrogens (tertiary/aromatic N) is 1. The number of benzene rings is 2. The molecule has 0 saturated heterocycles. The van der Waals surface area contributed by atoms with E-state index in [0.29, 0.717) is 17.1 Å². The Kier molecular flexibility index (Phi) is 5.34. The van der Waals surface area contributed by atoms with Gasteiger partial charge in [-0.25, -0.2) is 9.37 Å². The third kappa shape index (κ3) is 4.10. The highest BCUT2D eigenvalue weighted by Crippen LogP contribution is 2.23. The van der Waals surface area contributed by atoms with Gasteiger partial charge in [0.1, 0.15) is 17.4 Å². The molecule has 1 aromatic heterocycles. The molecule has 0 unspecified atom stereocenters. The lowest BCUT2D eigenvalue weighted by Crippen LogP contribution is -2.14. The fourth-order valence-corrected chi connectivity index (χ4v) is 2.45. The van der Waals surface area contributed by atoms with Gasteiger partial charge >= 0.3 is 0 Å². The molecule has 3 rings (SSSR count). The summed E-state index contributed by atoms with van der Waals surface area (Å²) in [4.78, 5) is 16.8. The van der Waals surface area contributed by atoms with Crippen molar-refractivity contribution in [2.45, 2.75) is 0 Å². The van der Waals surface area contributed by atoms with Gasteiger partial charge in [-0.3, -0.25) is 4.79 Å². The minimum atomic E-state index is -0.548. The third-order valence-electron chi connectivity index (χ3n) is 3.58. The zero-order chi connectivity index (χ0) is 18.5. The molecule has 2 aromatic carbocycles. The number of nitrogens with one attached hydrogen (secondary N) is 2. The van der Waals surface area contributed by atoms with Crippen molar-refractivity contribution < 1.29 is 13.9 Å². The van der Waals surface area contributed by atoms with Crippen molar-refractivity contribution >= 4 is 34.7 Å². The molecular weight excluding hydrogens is 357 g/mol. The van der Waals surface area contributed by atoms with Crippen molar-refractivity contribution in [3.05, 3.63) is 77.2 Å². The van der Waals surface area contributed by atoms with E-state index < -0.39 is 11.7 Å². The molecule has 0 spiro atoms. The maximum absolute atomic E-state index is 13.2. The van der Waals surface area contributed by atoms with Crippen LogP contribution in [-0.2, 0) is 0 Å². The molecule has 0 aliphatic carbocycles. The Hall–Kier alpha value is -3.12. The predicted octanol–water partition coefficient (Wildman–Crippen LogP) is 4.88. The molecule has 0 atom stereocenters. The number of methoxy groups -OCH3 is 1. The molecular formula is C19H15ClFN3O2. The highest BCUT2D eigenvalue weighted by molar-refractivity contribution is 6.31. The van der Waals surface area contributed by atoms with Gasteiger partial charge in [-0.15, -0.1) is 0 Å². The largest absolute Gasteiger partial charge is 0.497 e. The normalized spacial score (nSPS) is 10.3. The van der Waals surface area contributed by atoms with E-state index in [1.54, 1.807) is 37.6 Å². The van der Waals surface area contributed by atoms with E-state index in [4.69, 9.17) is 16.3 Å². The highest BCUT2D eigenvalue weighted by Gasteiger charge is 2.13. The van der Waals surface area contributed by atoms with Crippen LogP contribution in [0.4, 0.5) is 21.6 Å². The topological polar surface area (TPSA) is 63.2 Å². The first-order chi connectivity index (χ1) is 12.6. The van der Waals surface area contributed by atoms with Crippen molar-refractivity contribution in [2.75, 3.05) is 17.7 Å². The van der Waals surface area contributed by atoms with Crippen LogP contribution in [0.3, 0.4) is 0 Å².